The minimum Gasteiger partial charge on any atom is -0.299 e. The Balaban J connectivity index is 4.16. The zero-order valence-corrected chi connectivity index (χ0v) is 8.90. The van der Waals surface area contributed by atoms with E-state index in [1.165, 1.54) is 0 Å². The Bertz CT molecular complexity index is 127. The van der Waals surface area contributed by atoms with E-state index < -0.39 is 0 Å². The van der Waals surface area contributed by atoms with E-state index in [9.17, 15) is 0 Å². The van der Waals surface area contributed by atoms with Crippen LogP contribution >= 0.6 is 0 Å². The van der Waals surface area contributed by atoms with Crippen molar-refractivity contribution in [2.45, 2.75) is 18.8 Å². The molecule has 0 spiro atoms. The second kappa shape index (κ2) is 6.28. The van der Waals surface area contributed by atoms with Crippen LogP contribution < -0.4 is 21.4 Å². The van der Waals surface area contributed by atoms with Crippen LogP contribution in [-0.2, 0) is 4.84 Å². The molecule has 5 heteroatoms. The van der Waals surface area contributed by atoms with E-state index in [4.69, 9.17) is 4.84 Å². The van der Waals surface area contributed by atoms with Gasteiger partial charge < -0.3 is 0 Å². The highest BCUT2D eigenvalue weighted by atomic mass is 16.7. The van der Waals surface area contributed by atoms with Crippen LogP contribution in [0.2, 0.25) is 0 Å². The Labute approximate surface area is 80.6 Å². The summed E-state index contributed by atoms with van der Waals surface area (Å²) in [6.45, 7) is 6.15. The molecule has 0 aliphatic carbocycles. The van der Waals surface area contributed by atoms with Gasteiger partial charge in [0.25, 0.3) is 0 Å². The van der Waals surface area contributed by atoms with Crippen LogP contribution in [0.5, 0.6) is 0 Å². The molecule has 0 bridgehead atoms. The topological polar surface area (TPSA) is 57.4 Å². The SMILES string of the molecule is [CH2]CNOC(NC)C(C)(NC)NC. The Morgan fingerprint density at radius 2 is 1.85 bits per heavy atom. The standard InChI is InChI=1S/C8H21N4O/c1-6-12-13-7(9-3)8(2,10-4)11-5/h7,9-12H,1,6H2,2-5H3. The van der Waals surface area contributed by atoms with E-state index in [1.807, 2.05) is 28.1 Å². The van der Waals surface area contributed by atoms with Gasteiger partial charge in [-0.15, -0.1) is 0 Å². The zero-order chi connectivity index (χ0) is 10.3. The van der Waals surface area contributed by atoms with E-state index in [1.54, 1.807) is 0 Å². The maximum absolute atomic E-state index is 5.34. The Morgan fingerprint density at radius 1 is 1.31 bits per heavy atom. The molecule has 1 atom stereocenters. The fraction of sp³-hybridized carbons (Fsp3) is 0.875. The van der Waals surface area contributed by atoms with Gasteiger partial charge in [-0.1, -0.05) is 0 Å². The molecule has 0 aliphatic heterocycles. The number of hydrogen-bond acceptors (Lipinski definition) is 5. The van der Waals surface area contributed by atoms with Crippen LogP contribution in [0.15, 0.2) is 0 Å². The van der Waals surface area contributed by atoms with Crippen molar-refractivity contribution >= 4 is 0 Å². The summed E-state index contributed by atoms with van der Waals surface area (Å²) in [7, 11) is 5.57. The molecule has 1 radical (unpaired) electrons. The van der Waals surface area contributed by atoms with Crippen LogP contribution in [0.3, 0.4) is 0 Å². The van der Waals surface area contributed by atoms with E-state index in [2.05, 4.69) is 28.4 Å². The molecule has 0 saturated carbocycles. The van der Waals surface area contributed by atoms with Gasteiger partial charge in [-0.05, 0) is 35.0 Å². The predicted molar refractivity (Wildman–Crippen MR) is 53.8 cm³/mol. The largest absolute Gasteiger partial charge is 0.299 e. The van der Waals surface area contributed by atoms with Crippen LogP contribution in [0.1, 0.15) is 6.92 Å². The number of hydroxylamine groups is 1. The van der Waals surface area contributed by atoms with E-state index >= 15 is 0 Å². The summed E-state index contributed by atoms with van der Waals surface area (Å²) in [6, 6.07) is 0. The first-order valence-electron chi connectivity index (χ1n) is 4.37. The monoisotopic (exact) mass is 189 g/mol. The molecule has 0 aromatic heterocycles. The zero-order valence-electron chi connectivity index (χ0n) is 8.90. The molecule has 4 N–H and O–H groups in total. The molecule has 13 heavy (non-hydrogen) atoms. The Kier molecular flexibility index (Phi) is 6.19. The average molecular weight is 189 g/mol. The van der Waals surface area contributed by atoms with Crippen molar-refractivity contribution in [3.05, 3.63) is 6.92 Å². The summed E-state index contributed by atoms with van der Waals surface area (Å²) in [5.41, 5.74) is 2.40. The lowest BCUT2D eigenvalue weighted by Crippen LogP contribution is -2.65. The van der Waals surface area contributed by atoms with Gasteiger partial charge in [-0.25, -0.2) is 5.48 Å². The molecular weight excluding hydrogens is 168 g/mol. The molecule has 1 unspecified atom stereocenters. The number of hydrogen-bond donors (Lipinski definition) is 4. The normalized spacial score (nSPS) is 14.5. The van der Waals surface area contributed by atoms with Crippen LogP contribution in [-0.4, -0.2) is 39.6 Å². The van der Waals surface area contributed by atoms with Gasteiger partial charge in [0.15, 0.2) is 6.23 Å². The van der Waals surface area contributed by atoms with Crippen molar-refractivity contribution in [3.63, 3.8) is 0 Å². The van der Waals surface area contributed by atoms with Crippen LogP contribution in [0.25, 0.3) is 0 Å². The highest BCUT2D eigenvalue weighted by molar-refractivity contribution is 4.84. The molecule has 0 rings (SSSR count). The quantitative estimate of drug-likeness (QED) is 0.307. The molecule has 0 heterocycles. The van der Waals surface area contributed by atoms with Gasteiger partial charge in [0.05, 0.1) is 0 Å². The first kappa shape index (κ1) is 12.8. The van der Waals surface area contributed by atoms with Crippen molar-refractivity contribution in [1.82, 2.24) is 21.4 Å². The molecule has 0 saturated heterocycles. The Hall–Kier alpha value is -0.200. The fourth-order valence-electron chi connectivity index (χ4n) is 0.995. The van der Waals surface area contributed by atoms with Gasteiger partial charge in [0, 0.05) is 6.54 Å². The minimum atomic E-state index is -0.322. The molecule has 0 aromatic carbocycles. The maximum Gasteiger partial charge on any atom is 0.160 e. The third-order valence-corrected chi connectivity index (χ3v) is 2.13. The molecule has 0 aromatic rings. The van der Waals surface area contributed by atoms with Gasteiger partial charge >= 0.3 is 0 Å². The lowest BCUT2D eigenvalue weighted by Gasteiger charge is -2.36. The lowest BCUT2D eigenvalue weighted by atomic mass is 10.1. The fourth-order valence-corrected chi connectivity index (χ4v) is 0.995. The lowest BCUT2D eigenvalue weighted by molar-refractivity contribution is -0.0862. The maximum atomic E-state index is 5.34. The van der Waals surface area contributed by atoms with Gasteiger partial charge in [-0.3, -0.25) is 20.8 Å². The van der Waals surface area contributed by atoms with Crippen LogP contribution in [0.4, 0.5) is 0 Å². The summed E-state index contributed by atoms with van der Waals surface area (Å²) in [5, 5.41) is 9.30. The van der Waals surface area contributed by atoms with Crippen molar-refractivity contribution in [1.29, 1.82) is 0 Å². The molecule has 0 fully saturated rings. The predicted octanol–water partition coefficient (Wildman–Crippen LogP) is -0.958. The smallest absolute Gasteiger partial charge is 0.160 e. The van der Waals surface area contributed by atoms with Gasteiger partial charge in [-0.2, -0.15) is 0 Å². The summed E-state index contributed by atoms with van der Waals surface area (Å²) in [4.78, 5) is 5.34. The molecule has 0 aliphatic rings. The number of nitrogens with one attached hydrogen (secondary N) is 4. The van der Waals surface area contributed by atoms with E-state index in [0.29, 0.717) is 6.54 Å². The van der Waals surface area contributed by atoms with Crippen molar-refractivity contribution in [2.24, 2.45) is 0 Å². The number of likely N-dealkylation sites (N-methyl/N-ethyl adjacent to an activating group) is 3. The average Bonchev–Trinajstić information content (AvgIpc) is 2.18. The van der Waals surface area contributed by atoms with Gasteiger partial charge in [0.1, 0.15) is 5.66 Å². The van der Waals surface area contributed by atoms with Crippen molar-refractivity contribution < 1.29 is 4.84 Å². The third-order valence-electron chi connectivity index (χ3n) is 2.13. The summed E-state index contributed by atoms with van der Waals surface area (Å²) < 4.78 is 0. The first-order chi connectivity index (χ1) is 6.14. The van der Waals surface area contributed by atoms with Crippen molar-refractivity contribution in [2.75, 3.05) is 27.7 Å². The van der Waals surface area contributed by atoms with E-state index in [-0.39, 0.29) is 11.9 Å². The summed E-state index contributed by atoms with van der Waals surface area (Å²) in [6.07, 6.45) is -0.177. The highest BCUT2D eigenvalue weighted by Crippen LogP contribution is 2.04. The Morgan fingerprint density at radius 3 is 2.15 bits per heavy atom. The first-order valence-corrected chi connectivity index (χ1v) is 4.37. The summed E-state index contributed by atoms with van der Waals surface area (Å²) >= 11 is 0. The molecule has 79 valence electrons. The molecular formula is C8H21N4O. The third kappa shape index (κ3) is 3.58. The van der Waals surface area contributed by atoms with Crippen molar-refractivity contribution in [3.8, 4) is 0 Å². The van der Waals surface area contributed by atoms with Crippen LogP contribution in [0, 0.1) is 6.92 Å². The summed E-state index contributed by atoms with van der Waals surface area (Å²) in [5.74, 6) is 0. The van der Waals surface area contributed by atoms with E-state index in [0.717, 1.165) is 0 Å². The highest BCUT2D eigenvalue weighted by Gasteiger charge is 2.30. The molecule has 5 nitrogen and oxygen atoms in total. The second-order valence-electron chi connectivity index (χ2n) is 2.88. The minimum absolute atomic E-state index is 0.177. The number of rotatable bonds is 7. The second-order valence-corrected chi connectivity index (χ2v) is 2.88. The van der Waals surface area contributed by atoms with Gasteiger partial charge in [0.2, 0.25) is 0 Å². The molecule has 0 amide bonds.